The van der Waals surface area contributed by atoms with Gasteiger partial charge in [0, 0.05) is 19.1 Å². The molecule has 0 aromatic heterocycles. The molecule has 104 valence electrons. The topological polar surface area (TPSA) is 60.9 Å². The van der Waals surface area contributed by atoms with E-state index in [-0.39, 0.29) is 29.9 Å². The molecule has 6 heteroatoms. The Morgan fingerprint density at radius 1 is 1.00 bits per heavy atom. The number of imide groups is 1. The highest BCUT2D eigenvalue weighted by atomic mass is 16.2. The second kappa shape index (κ2) is 4.21. The van der Waals surface area contributed by atoms with Crippen molar-refractivity contribution in [3.63, 3.8) is 0 Å². The van der Waals surface area contributed by atoms with Crippen LogP contribution in [0.5, 0.6) is 0 Å². The van der Waals surface area contributed by atoms with E-state index in [0.29, 0.717) is 19.5 Å². The first-order valence-corrected chi connectivity index (χ1v) is 6.96. The highest BCUT2D eigenvalue weighted by Crippen LogP contribution is 2.31. The van der Waals surface area contributed by atoms with E-state index in [1.165, 1.54) is 4.90 Å². The van der Waals surface area contributed by atoms with Gasteiger partial charge in [-0.2, -0.15) is 0 Å². The van der Waals surface area contributed by atoms with Gasteiger partial charge in [-0.25, -0.2) is 9.69 Å². The third kappa shape index (κ3) is 1.65. The highest BCUT2D eigenvalue weighted by Gasteiger charge is 2.53. The first kappa shape index (κ1) is 12.4. The van der Waals surface area contributed by atoms with Gasteiger partial charge in [0.05, 0.1) is 0 Å². The molecule has 3 aliphatic rings. The molecule has 0 aliphatic carbocycles. The lowest BCUT2D eigenvalue weighted by Crippen LogP contribution is -2.47. The number of hydrogen-bond acceptors (Lipinski definition) is 3. The largest absolute Gasteiger partial charge is 0.338 e. The van der Waals surface area contributed by atoms with E-state index in [0.717, 1.165) is 12.8 Å². The molecule has 3 saturated heterocycles. The van der Waals surface area contributed by atoms with E-state index in [2.05, 4.69) is 0 Å². The second-order valence-electron chi connectivity index (χ2n) is 5.77. The van der Waals surface area contributed by atoms with Crippen molar-refractivity contribution in [3.05, 3.63) is 0 Å². The maximum Gasteiger partial charge on any atom is 0.328 e. The SMILES string of the molecule is CC(C)N1CC[C@H](N2C(=O)[C@@H]3CCCN3C2=O)C1=O. The van der Waals surface area contributed by atoms with Crippen molar-refractivity contribution in [2.45, 2.75) is 51.2 Å². The van der Waals surface area contributed by atoms with E-state index in [9.17, 15) is 14.4 Å². The number of rotatable bonds is 2. The first-order valence-electron chi connectivity index (χ1n) is 6.96. The standard InChI is InChI=1S/C13H19N3O3/c1-8(2)14-7-5-10(11(14)17)16-12(18)9-4-3-6-15(9)13(16)19/h8-10H,3-7H2,1-2H3/t9-,10-/m0/s1. The number of fused-ring (bicyclic) bond motifs is 1. The van der Waals surface area contributed by atoms with E-state index in [4.69, 9.17) is 0 Å². The Morgan fingerprint density at radius 3 is 2.32 bits per heavy atom. The number of carbonyl (C=O) groups is 3. The normalized spacial score (nSPS) is 31.1. The number of urea groups is 1. The van der Waals surface area contributed by atoms with Crippen molar-refractivity contribution in [3.8, 4) is 0 Å². The van der Waals surface area contributed by atoms with Gasteiger partial charge >= 0.3 is 6.03 Å². The summed E-state index contributed by atoms with van der Waals surface area (Å²) >= 11 is 0. The van der Waals surface area contributed by atoms with Crippen LogP contribution in [0.2, 0.25) is 0 Å². The summed E-state index contributed by atoms with van der Waals surface area (Å²) < 4.78 is 0. The van der Waals surface area contributed by atoms with Crippen molar-refractivity contribution in [1.29, 1.82) is 0 Å². The molecule has 2 atom stereocenters. The second-order valence-corrected chi connectivity index (χ2v) is 5.77. The van der Waals surface area contributed by atoms with Crippen molar-refractivity contribution < 1.29 is 14.4 Å². The smallest absolute Gasteiger partial charge is 0.328 e. The summed E-state index contributed by atoms with van der Waals surface area (Å²) in [5, 5.41) is 0. The van der Waals surface area contributed by atoms with E-state index >= 15 is 0 Å². The molecule has 3 aliphatic heterocycles. The molecule has 0 spiro atoms. The van der Waals surface area contributed by atoms with Crippen LogP contribution in [-0.4, -0.2) is 63.8 Å². The Bertz CT molecular complexity index is 426. The van der Waals surface area contributed by atoms with Crippen LogP contribution in [0.4, 0.5) is 4.79 Å². The Balaban J connectivity index is 1.82. The predicted octanol–water partition coefficient (Wildman–Crippen LogP) is 0.422. The summed E-state index contributed by atoms with van der Waals surface area (Å²) in [6.07, 6.45) is 2.18. The fourth-order valence-electron chi connectivity index (χ4n) is 3.37. The van der Waals surface area contributed by atoms with E-state index in [1.807, 2.05) is 13.8 Å². The summed E-state index contributed by atoms with van der Waals surface area (Å²) in [5.41, 5.74) is 0. The van der Waals surface area contributed by atoms with E-state index in [1.54, 1.807) is 9.80 Å². The minimum atomic E-state index is -0.576. The summed E-state index contributed by atoms with van der Waals surface area (Å²) in [6.45, 7) is 5.17. The number of likely N-dealkylation sites (tertiary alicyclic amines) is 1. The molecule has 0 aromatic rings. The van der Waals surface area contributed by atoms with Crippen molar-refractivity contribution in [2.75, 3.05) is 13.1 Å². The molecule has 19 heavy (non-hydrogen) atoms. The van der Waals surface area contributed by atoms with Crippen LogP contribution in [0.1, 0.15) is 33.1 Å². The molecule has 6 nitrogen and oxygen atoms in total. The van der Waals surface area contributed by atoms with Gasteiger partial charge in [0.25, 0.3) is 5.91 Å². The maximum atomic E-state index is 12.3. The van der Waals surface area contributed by atoms with Gasteiger partial charge in [-0.1, -0.05) is 0 Å². The zero-order chi connectivity index (χ0) is 13.7. The monoisotopic (exact) mass is 265 g/mol. The first-order chi connectivity index (χ1) is 9.02. The Hall–Kier alpha value is -1.59. The molecule has 0 aromatic carbocycles. The Morgan fingerprint density at radius 2 is 1.74 bits per heavy atom. The van der Waals surface area contributed by atoms with Crippen LogP contribution in [0.15, 0.2) is 0 Å². The van der Waals surface area contributed by atoms with Crippen LogP contribution in [0.25, 0.3) is 0 Å². The molecule has 0 bridgehead atoms. The molecule has 0 N–H and O–H groups in total. The molecule has 0 radical (unpaired) electrons. The minimum Gasteiger partial charge on any atom is -0.338 e. The molecule has 0 unspecified atom stereocenters. The van der Waals surface area contributed by atoms with Gasteiger partial charge in [-0.05, 0) is 33.1 Å². The highest BCUT2D eigenvalue weighted by molar-refractivity contribution is 6.08. The van der Waals surface area contributed by atoms with Gasteiger partial charge in [0.15, 0.2) is 0 Å². The fraction of sp³-hybridized carbons (Fsp3) is 0.769. The van der Waals surface area contributed by atoms with Gasteiger partial charge in [-0.3, -0.25) is 9.59 Å². The van der Waals surface area contributed by atoms with Crippen LogP contribution in [-0.2, 0) is 9.59 Å². The van der Waals surface area contributed by atoms with Gasteiger partial charge in [0.2, 0.25) is 5.91 Å². The molecule has 3 rings (SSSR count). The van der Waals surface area contributed by atoms with Gasteiger partial charge in [0.1, 0.15) is 12.1 Å². The summed E-state index contributed by atoms with van der Waals surface area (Å²) in [4.78, 5) is 41.5. The molecule has 4 amide bonds. The van der Waals surface area contributed by atoms with Gasteiger partial charge in [-0.15, -0.1) is 0 Å². The Labute approximate surface area is 112 Å². The molecular formula is C13H19N3O3. The van der Waals surface area contributed by atoms with Crippen LogP contribution in [0, 0.1) is 0 Å². The molecule has 3 heterocycles. The average molecular weight is 265 g/mol. The average Bonchev–Trinajstić information content (AvgIpc) is 3.00. The van der Waals surface area contributed by atoms with Crippen LogP contribution in [0.3, 0.4) is 0 Å². The van der Waals surface area contributed by atoms with Crippen LogP contribution >= 0.6 is 0 Å². The van der Waals surface area contributed by atoms with Crippen molar-refractivity contribution in [1.82, 2.24) is 14.7 Å². The lowest BCUT2D eigenvalue weighted by molar-refractivity contribution is -0.139. The number of amides is 4. The summed E-state index contributed by atoms with van der Waals surface area (Å²) in [6, 6.07) is -1.04. The number of hydrogen-bond donors (Lipinski definition) is 0. The summed E-state index contributed by atoms with van der Waals surface area (Å²) in [5.74, 6) is -0.260. The quantitative estimate of drug-likeness (QED) is 0.680. The van der Waals surface area contributed by atoms with Crippen molar-refractivity contribution in [2.24, 2.45) is 0 Å². The third-order valence-electron chi connectivity index (χ3n) is 4.37. The van der Waals surface area contributed by atoms with Crippen molar-refractivity contribution >= 4 is 17.8 Å². The third-order valence-corrected chi connectivity index (χ3v) is 4.37. The fourth-order valence-corrected chi connectivity index (χ4v) is 3.37. The number of nitrogens with zero attached hydrogens (tertiary/aromatic N) is 3. The summed E-state index contributed by atoms with van der Waals surface area (Å²) in [7, 11) is 0. The Kier molecular flexibility index (Phi) is 2.76. The molecule has 0 saturated carbocycles. The zero-order valence-corrected chi connectivity index (χ0v) is 11.3. The lowest BCUT2D eigenvalue weighted by atomic mass is 10.1. The lowest BCUT2D eigenvalue weighted by Gasteiger charge is -2.24. The number of carbonyl (C=O) groups excluding carboxylic acids is 3. The van der Waals surface area contributed by atoms with Crippen LogP contribution < -0.4 is 0 Å². The minimum absolute atomic E-state index is 0.0853. The zero-order valence-electron chi connectivity index (χ0n) is 11.3. The predicted molar refractivity (Wildman–Crippen MR) is 67.2 cm³/mol. The maximum absolute atomic E-state index is 12.3. The van der Waals surface area contributed by atoms with E-state index < -0.39 is 6.04 Å². The molecule has 3 fully saturated rings. The van der Waals surface area contributed by atoms with Gasteiger partial charge < -0.3 is 9.80 Å². The molecular weight excluding hydrogens is 246 g/mol.